The average molecular weight is 265 g/mol. The highest BCUT2D eigenvalue weighted by Crippen LogP contribution is 2.18. The normalized spacial score (nSPS) is 10.0. The third-order valence-corrected chi connectivity index (χ3v) is 3.15. The van der Waals surface area contributed by atoms with E-state index in [2.05, 4.69) is 17.2 Å². The number of benzene rings is 1. The van der Waals surface area contributed by atoms with Crippen molar-refractivity contribution in [1.82, 2.24) is 14.9 Å². The van der Waals surface area contributed by atoms with Crippen LogP contribution in [0.3, 0.4) is 0 Å². The number of rotatable bonds is 4. The van der Waals surface area contributed by atoms with Gasteiger partial charge in [0, 0.05) is 12.2 Å². The first kappa shape index (κ1) is 13.8. The van der Waals surface area contributed by atoms with Crippen molar-refractivity contribution in [2.75, 3.05) is 6.54 Å². The fourth-order valence-electron chi connectivity index (χ4n) is 2.02. The second kappa shape index (κ2) is 6.01. The molecule has 0 aliphatic heterocycles. The maximum Gasteiger partial charge on any atom is 0.177 e. The maximum absolute atomic E-state index is 9.15. The van der Waals surface area contributed by atoms with E-state index in [1.54, 1.807) is 4.57 Å². The molecule has 0 saturated carbocycles. The fourth-order valence-corrected chi connectivity index (χ4v) is 2.02. The zero-order valence-electron chi connectivity index (χ0n) is 11.5. The van der Waals surface area contributed by atoms with Gasteiger partial charge in [0.05, 0.1) is 0 Å². The summed E-state index contributed by atoms with van der Waals surface area (Å²) < 4.78 is 1.64. The molecule has 0 atom stereocenters. The first-order valence-electron chi connectivity index (χ1n) is 6.39. The van der Waals surface area contributed by atoms with Gasteiger partial charge in [0.15, 0.2) is 11.4 Å². The number of hydrogen-bond donors (Lipinski definition) is 1. The maximum atomic E-state index is 9.15. The summed E-state index contributed by atoms with van der Waals surface area (Å²) in [4.78, 5) is 3.95. The van der Waals surface area contributed by atoms with Crippen molar-refractivity contribution in [1.29, 1.82) is 10.5 Å². The van der Waals surface area contributed by atoms with Crippen LogP contribution in [0.15, 0.2) is 24.5 Å². The van der Waals surface area contributed by atoms with Crippen molar-refractivity contribution in [3.05, 3.63) is 47.0 Å². The number of nitrogens with one attached hydrogen (secondary N) is 1. The summed E-state index contributed by atoms with van der Waals surface area (Å²) in [7, 11) is 0. The molecule has 1 heterocycles. The van der Waals surface area contributed by atoms with Crippen molar-refractivity contribution in [3.8, 4) is 17.8 Å². The highest BCUT2D eigenvalue weighted by atomic mass is 15.1. The topological polar surface area (TPSA) is 77.4 Å². The van der Waals surface area contributed by atoms with Crippen LogP contribution in [-0.4, -0.2) is 16.1 Å². The molecule has 1 aromatic heterocycles. The summed E-state index contributed by atoms with van der Waals surface area (Å²) in [5.74, 6) is 0. The fraction of sp³-hybridized carbons (Fsp3) is 0.267. The van der Waals surface area contributed by atoms with Gasteiger partial charge in [-0.25, -0.2) is 4.98 Å². The van der Waals surface area contributed by atoms with Crippen molar-refractivity contribution in [2.45, 2.75) is 20.4 Å². The van der Waals surface area contributed by atoms with E-state index in [4.69, 9.17) is 10.5 Å². The Bertz CT molecular complexity index is 700. The van der Waals surface area contributed by atoms with Crippen molar-refractivity contribution in [3.63, 3.8) is 0 Å². The van der Waals surface area contributed by atoms with Crippen LogP contribution in [0.5, 0.6) is 0 Å². The minimum absolute atomic E-state index is 0.155. The van der Waals surface area contributed by atoms with Crippen LogP contribution in [-0.2, 0) is 6.54 Å². The highest BCUT2D eigenvalue weighted by Gasteiger charge is 2.12. The quantitative estimate of drug-likeness (QED) is 0.917. The van der Waals surface area contributed by atoms with Gasteiger partial charge >= 0.3 is 0 Å². The molecule has 2 rings (SSSR count). The average Bonchev–Trinajstić information content (AvgIpc) is 2.88. The standard InChI is InChI=1S/C15H15N5/c1-3-18-9-12-4-5-13(6-11(12)2)20-10-19-14(7-16)15(20)8-17/h4-6,10,18H,3,9H2,1-2H3. The first-order valence-corrected chi connectivity index (χ1v) is 6.39. The molecule has 2 aromatic rings. The lowest BCUT2D eigenvalue weighted by Crippen LogP contribution is -2.12. The molecule has 0 unspecified atom stereocenters. The van der Waals surface area contributed by atoms with Crippen LogP contribution in [0.25, 0.3) is 5.69 Å². The van der Waals surface area contributed by atoms with Gasteiger partial charge in [-0.05, 0) is 36.7 Å². The predicted molar refractivity (Wildman–Crippen MR) is 75.1 cm³/mol. The minimum atomic E-state index is 0.155. The Hall–Kier alpha value is -2.63. The number of aromatic nitrogens is 2. The monoisotopic (exact) mass is 265 g/mol. The molecule has 1 N–H and O–H groups in total. The molecule has 0 aliphatic rings. The Kier molecular flexibility index (Phi) is 4.14. The summed E-state index contributed by atoms with van der Waals surface area (Å²) in [6, 6.07) is 9.91. The summed E-state index contributed by atoms with van der Waals surface area (Å²) >= 11 is 0. The lowest BCUT2D eigenvalue weighted by atomic mass is 10.1. The molecule has 100 valence electrons. The van der Waals surface area contributed by atoms with Gasteiger partial charge in [-0.3, -0.25) is 4.57 Å². The molecule has 0 radical (unpaired) electrons. The Balaban J connectivity index is 2.40. The summed E-state index contributed by atoms with van der Waals surface area (Å²) in [5, 5.41) is 21.4. The van der Waals surface area contributed by atoms with E-state index in [9.17, 15) is 0 Å². The predicted octanol–water partition coefficient (Wildman–Crippen LogP) is 2.03. The van der Waals surface area contributed by atoms with Crippen molar-refractivity contribution < 1.29 is 0 Å². The van der Waals surface area contributed by atoms with Gasteiger partial charge in [-0.2, -0.15) is 10.5 Å². The summed E-state index contributed by atoms with van der Waals surface area (Å²) in [6.45, 7) is 5.84. The Morgan fingerprint density at radius 1 is 1.30 bits per heavy atom. The Morgan fingerprint density at radius 3 is 2.70 bits per heavy atom. The molecular weight excluding hydrogens is 250 g/mol. The lowest BCUT2D eigenvalue weighted by Gasteiger charge is -2.10. The minimum Gasteiger partial charge on any atom is -0.313 e. The molecule has 0 spiro atoms. The largest absolute Gasteiger partial charge is 0.313 e. The molecule has 1 aromatic carbocycles. The molecule has 0 fully saturated rings. The second-order valence-corrected chi connectivity index (χ2v) is 4.43. The number of imidazole rings is 1. The van der Waals surface area contributed by atoms with Crippen LogP contribution < -0.4 is 5.32 Å². The Morgan fingerprint density at radius 2 is 2.10 bits per heavy atom. The third kappa shape index (κ3) is 2.54. The van der Waals surface area contributed by atoms with Gasteiger partial charge in [0.25, 0.3) is 0 Å². The number of nitriles is 2. The van der Waals surface area contributed by atoms with E-state index in [1.165, 1.54) is 11.9 Å². The molecule has 5 nitrogen and oxygen atoms in total. The molecule has 0 aliphatic carbocycles. The van der Waals surface area contributed by atoms with E-state index < -0.39 is 0 Å². The summed E-state index contributed by atoms with van der Waals surface area (Å²) in [5.41, 5.74) is 3.62. The molecule has 0 amide bonds. The second-order valence-electron chi connectivity index (χ2n) is 4.43. The Labute approximate surface area is 118 Å². The zero-order chi connectivity index (χ0) is 14.5. The zero-order valence-corrected chi connectivity index (χ0v) is 11.5. The van der Waals surface area contributed by atoms with Crippen LogP contribution in [0.1, 0.15) is 29.4 Å². The molecule has 5 heteroatoms. The van der Waals surface area contributed by atoms with Crippen molar-refractivity contribution in [2.24, 2.45) is 0 Å². The molecule has 0 bridgehead atoms. The summed E-state index contributed by atoms with van der Waals surface area (Å²) in [6.07, 6.45) is 1.51. The van der Waals surface area contributed by atoms with Crippen LogP contribution in [0, 0.1) is 29.6 Å². The molecular formula is C15H15N5. The van der Waals surface area contributed by atoms with Crippen LogP contribution >= 0.6 is 0 Å². The van der Waals surface area contributed by atoms with E-state index in [-0.39, 0.29) is 11.4 Å². The lowest BCUT2D eigenvalue weighted by molar-refractivity contribution is 0.723. The number of hydrogen-bond acceptors (Lipinski definition) is 4. The highest BCUT2D eigenvalue weighted by molar-refractivity contribution is 5.46. The van der Waals surface area contributed by atoms with E-state index >= 15 is 0 Å². The number of aryl methyl sites for hydroxylation is 1. The van der Waals surface area contributed by atoms with Crippen LogP contribution in [0.2, 0.25) is 0 Å². The van der Waals surface area contributed by atoms with Crippen LogP contribution in [0.4, 0.5) is 0 Å². The van der Waals surface area contributed by atoms with Crippen molar-refractivity contribution >= 4 is 0 Å². The molecule has 0 saturated heterocycles. The molecule has 20 heavy (non-hydrogen) atoms. The van der Waals surface area contributed by atoms with E-state index in [0.29, 0.717) is 0 Å². The van der Waals surface area contributed by atoms with Gasteiger partial charge in [-0.1, -0.05) is 13.0 Å². The smallest absolute Gasteiger partial charge is 0.177 e. The SMILES string of the molecule is CCNCc1ccc(-n2cnc(C#N)c2C#N)cc1C. The van der Waals surface area contributed by atoms with E-state index in [1.807, 2.05) is 37.3 Å². The van der Waals surface area contributed by atoms with E-state index in [0.717, 1.165) is 24.3 Å². The third-order valence-electron chi connectivity index (χ3n) is 3.15. The number of nitrogens with zero attached hydrogens (tertiary/aromatic N) is 4. The first-order chi connectivity index (χ1) is 9.71. The van der Waals surface area contributed by atoms with Gasteiger partial charge in [0.2, 0.25) is 0 Å². The van der Waals surface area contributed by atoms with Gasteiger partial charge in [-0.15, -0.1) is 0 Å². The van der Waals surface area contributed by atoms with Gasteiger partial charge in [0.1, 0.15) is 18.5 Å². The van der Waals surface area contributed by atoms with Gasteiger partial charge < -0.3 is 5.32 Å².